The van der Waals surface area contributed by atoms with Crippen LogP contribution in [0.4, 0.5) is 0 Å². The quantitative estimate of drug-likeness (QED) is 0.939. The third-order valence-corrected chi connectivity index (χ3v) is 4.59. The summed E-state index contributed by atoms with van der Waals surface area (Å²) in [5, 5.41) is 2.57. The van der Waals surface area contributed by atoms with Gasteiger partial charge in [-0.05, 0) is 29.3 Å². The molecular formula is C18H23N3O. The van der Waals surface area contributed by atoms with Gasteiger partial charge in [-0.2, -0.15) is 0 Å². The van der Waals surface area contributed by atoms with E-state index in [1.165, 1.54) is 16.3 Å². The number of piperazine rings is 1. The van der Waals surface area contributed by atoms with E-state index >= 15 is 0 Å². The van der Waals surface area contributed by atoms with Crippen LogP contribution in [0.2, 0.25) is 0 Å². The topological polar surface area (TPSA) is 49.6 Å². The van der Waals surface area contributed by atoms with Gasteiger partial charge in [0, 0.05) is 32.2 Å². The summed E-state index contributed by atoms with van der Waals surface area (Å²) in [5.41, 5.74) is 6.62. The fourth-order valence-corrected chi connectivity index (χ4v) is 3.21. The van der Waals surface area contributed by atoms with E-state index in [1.54, 1.807) is 0 Å². The van der Waals surface area contributed by atoms with E-state index in [4.69, 9.17) is 5.73 Å². The summed E-state index contributed by atoms with van der Waals surface area (Å²) < 4.78 is 0. The van der Waals surface area contributed by atoms with Crippen LogP contribution < -0.4 is 5.73 Å². The Morgan fingerprint density at radius 1 is 1.09 bits per heavy atom. The molecule has 4 heteroatoms. The lowest BCUT2D eigenvalue weighted by atomic mass is 10.0. The third kappa shape index (κ3) is 3.29. The molecule has 116 valence electrons. The normalized spacial score (nSPS) is 18.4. The zero-order valence-electron chi connectivity index (χ0n) is 13.0. The van der Waals surface area contributed by atoms with Crippen LogP contribution in [0.15, 0.2) is 42.5 Å². The van der Waals surface area contributed by atoms with Crippen molar-refractivity contribution in [2.24, 2.45) is 5.73 Å². The van der Waals surface area contributed by atoms with E-state index in [1.807, 2.05) is 0 Å². The zero-order valence-corrected chi connectivity index (χ0v) is 13.0. The van der Waals surface area contributed by atoms with Crippen LogP contribution in [-0.2, 0) is 4.79 Å². The lowest BCUT2D eigenvalue weighted by Crippen LogP contribution is -2.49. The molecule has 1 amide bonds. The fraction of sp³-hybridized carbons (Fsp3) is 0.389. The summed E-state index contributed by atoms with van der Waals surface area (Å²) >= 11 is 0. The van der Waals surface area contributed by atoms with Gasteiger partial charge in [-0.25, -0.2) is 0 Å². The van der Waals surface area contributed by atoms with E-state index in [9.17, 15) is 4.79 Å². The number of carbonyl (C=O) groups is 1. The monoisotopic (exact) mass is 297 g/mol. The fourth-order valence-electron chi connectivity index (χ4n) is 3.21. The minimum Gasteiger partial charge on any atom is -0.369 e. The van der Waals surface area contributed by atoms with Gasteiger partial charge in [-0.3, -0.25) is 14.6 Å². The first-order chi connectivity index (χ1) is 10.6. The van der Waals surface area contributed by atoms with Gasteiger partial charge in [0.15, 0.2) is 0 Å². The Balaban J connectivity index is 1.68. The Morgan fingerprint density at radius 2 is 1.77 bits per heavy atom. The van der Waals surface area contributed by atoms with Crippen LogP contribution >= 0.6 is 0 Å². The maximum atomic E-state index is 11.0. The highest BCUT2D eigenvalue weighted by molar-refractivity contribution is 5.83. The molecule has 0 saturated carbocycles. The number of carbonyl (C=O) groups excluding carboxylic acids is 1. The first-order valence-corrected chi connectivity index (χ1v) is 7.87. The van der Waals surface area contributed by atoms with Gasteiger partial charge in [0.25, 0.3) is 0 Å². The molecule has 1 aliphatic heterocycles. The smallest absolute Gasteiger partial charge is 0.231 e. The molecule has 3 rings (SSSR count). The van der Waals surface area contributed by atoms with E-state index in [2.05, 4.69) is 59.2 Å². The van der Waals surface area contributed by atoms with E-state index in [0.717, 1.165) is 26.2 Å². The van der Waals surface area contributed by atoms with Crippen molar-refractivity contribution in [3.05, 3.63) is 48.0 Å². The van der Waals surface area contributed by atoms with Crippen molar-refractivity contribution in [1.29, 1.82) is 0 Å². The highest BCUT2D eigenvalue weighted by Gasteiger charge is 2.22. The maximum absolute atomic E-state index is 11.0. The van der Waals surface area contributed by atoms with E-state index < -0.39 is 0 Å². The van der Waals surface area contributed by atoms with Crippen LogP contribution in [0.1, 0.15) is 18.5 Å². The standard InChI is InChI=1S/C18H23N3O/c1-14(21-10-8-20(9-11-21)13-18(19)22)16-7-6-15-4-2-3-5-17(15)12-16/h2-7,12,14H,8-11,13H2,1H3,(H2,19,22). The Morgan fingerprint density at radius 3 is 2.45 bits per heavy atom. The Labute approximate surface area is 131 Å². The predicted molar refractivity (Wildman–Crippen MR) is 89.6 cm³/mol. The third-order valence-electron chi connectivity index (χ3n) is 4.59. The van der Waals surface area contributed by atoms with Gasteiger partial charge in [-0.1, -0.05) is 36.4 Å². The molecule has 1 aliphatic rings. The van der Waals surface area contributed by atoms with Gasteiger partial charge in [0.1, 0.15) is 0 Å². The molecule has 1 unspecified atom stereocenters. The van der Waals surface area contributed by atoms with Gasteiger partial charge in [-0.15, -0.1) is 0 Å². The minimum atomic E-state index is -0.240. The lowest BCUT2D eigenvalue weighted by Gasteiger charge is -2.37. The van der Waals surface area contributed by atoms with Crippen LogP contribution in [0.3, 0.4) is 0 Å². The first-order valence-electron chi connectivity index (χ1n) is 7.87. The molecule has 4 nitrogen and oxygen atoms in total. The second-order valence-corrected chi connectivity index (χ2v) is 6.06. The minimum absolute atomic E-state index is 0.240. The summed E-state index contributed by atoms with van der Waals surface area (Å²) in [6, 6.07) is 15.6. The summed E-state index contributed by atoms with van der Waals surface area (Å²) in [4.78, 5) is 15.6. The number of benzene rings is 2. The van der Waals surface area contributed by atoms with Crippen molar-refractivity contribution in [3.63, 3.8) is 0 Å². The molecule has 0 aliphatic carbocycles. The van der Waals surface area contributed by atoms with Crippen molar-refractivity contribution in [1.82, 2.24) is 9.80 Å². The van der Waals surface area contributed by atoms with Gasteiger partial charge in [0.2, 0.25) is 5.91 Å². The molecule has 22 heavy (non-hydrogen) atoms. The van der Waals surface area contributed by atoms with Crippen LogP contribution in [0.25, 0.3) is 10.8 Å². The Bertz CT molecular complexity index is 662. The molecule has 0 aromatic heterocycles. The number of nitrogens with zero attached hydrogens (tertiary/aromatic N) is 2. The molecule has 1 saturated heterocycles. The average Bonchev–Trinajstić information content (AvgIpc) is 2.54. The molecular weight excluding hydrogens is 274 g/mol. The molecule has 0 spiro atoms. The van der Waals surface area contributed by atoms with Gasteiger partial charge in [0.05, 0.1) is 6.54 Å². The zero-order chi connectivity index (χ0) is 15.5. The van der Waals surface area contributed by atoms with Crippen LogP contribution in [-0.4, -0.2) is 48.4 Å². The SMILES string of the molecule is CC(c1ccc2ccccc2c1)N1CCN(CC(N)=O)CC1. The van der Waals surface area contributed by atoms with Gasteiger partial charge < -0.3 is 5.73 Å². The predicted octanol–water partition coefficient (Wildman–Crippen LogP) is 2.00. The molecule has 2 aromatic carbocycles. The van der Waals surface area contributed by atoms with Crippen molar-refractivity contribution in [2.45, 2.75) is 13.0 Å². The summed E-state index contributed by atoms with van der Waals surface area (Å²) in [6.45, 7) is 6.39. The molecule has 1 heterocycles. The average molecular weight is 297 g/mol. The number of amides is 1. The van der Waals surface area contributed by atoms with E-state index in [0.29, 0.717) is 12.6 Å². The molecule has 2 N–H and O–H groups in total. The Kier molecular flexibility index (Phi) is 4.41. The highest BCUT2D eigenvalue weighted by Crippen LogP contribution is 2.25. The largest absolute Gasteiger partial charge is 0.369 e. The van der Waals surface area contributed by atoms with Gasteiger partial charge >= 0.3 is 0 Å². The van der Waals surface area contributed by atoms with Crippen LogP contribution in [0.5, 0.6) is 0 Å². The number of primary amides is 1. The summed E-state index contributed by atoms with van der Waals surface area (Å²) in [5.74, 6) is -0.240. The summed E-state index contributed by atoms with van der Waals surface area (Å²) in [6.07, 6.45) is 0. The highest BCUT2D eigenvalue weighted by atomic mass is 16.1. The molecule has 0 bridgehead atoms. The molecule has 0 radical (unpaired) electrons. The van der Waals surface area contributed by atoms with Crippen molar-refractivity contribution in [3.8, 4) is 0 Å². The number of hydrogen-bond acceptors (Lipinski definition) is 3. The van der Waals surface area contributed by atoms with Crippen molar-refractivity contribution < 1.29 is 4.79 Å². The van der Waals surface area contributed by atoms with E-state index in [-0.39, 0.29) is 5.91 Å². The molecule has 1 fully saturated rings. The summed E-state index contributed by atoms with van der Waals surface area (Å²) in [7, 11) is 0. The second kappa shape index (κ2) is 6.46. The van der Waals surface area contributed by atoms with Crippen molar-refractivity contribution in [2.75, 3.05) is 32.7 Å². The molecule has 2 aromatic rings. The number of hydrogen-bond donors (Lipinski definition) is 1. The maximum Gasteiger partial charge on any atom is 0.231 e. The number of nitrogens with two attached hydrogens (primary N) is 1. The first kappa shape index (κ1) is 15.0. The number of rotatable bonds is 4. The number of fused-ring (bicyclic) bond motifs is 1. The molecule has 1 atom stereocenters. The Hall–Kier alpha value is -1.91. The lowest BCUT2D eigenvalue weighted by molar-refractivity contribution is -0.119. The second-order valence-electron chi connectivity index (χ2n) is 6.06. The van der Waals surface area contributed by atoms with Crippen LogP contribution in [0, 0.1) is 0 Å². The van der Waals surface area contributed by atoms with Crippen molar-refractivity contribution >= 4 is 16.7 Å².